The van der Waals surface area contributed by atoms with Crippen LogP contribution in [0.1, 0.15) is 29.1 Å². The first-order valence-corrected chi connectivity index (χ1v) is 11.1. The van der Waals surface area contributed by atoms with Crippen molar-refractivity contribution in [2.75, 3.05) is 18.6 Å². The van der Waals surface area contributed by atoms with E-state index < -0.39 is 12.0 Å². The Balaban J connectivity index is 1.50. The summed E-state index contributed by atoms with van der Waals surface area (Å²) < 4.78 is 52.0. The van der Waals surface area contributed by atoms with Crippen LogP contribution in [0.3, 0.4) is 0 Å². The average Bonchev–Trinajstić information content (AvgIpc) is 3.30. The smallest absolute Gasteiger partial charge is 0.493 e. The van der Waals surface area contributed by atoms with E-state index >= 15 is 0 Å². The van der Waals surface area contributed by atoms with Gasteiger partial charge in [0, 0.05) is 16.6 Å². The fraction of sp³-hybridized carbons (Fsp3) is 0.292. The highest BCUT2D eigenvalue weighted by Gasteiger charge is 2.33. The molecule has 0 bridgehead atoms. The molecule has 4 rings (SSSR count). The molecule has 0 saturated heterocycles. The molecule has 1 aromatic heterocycles. The van der Waals surface area contributed by atoms with E-state index in [2.05, 4.69) is 4.74 Å². The van der Waals surface area contributed by atoms with Crippen LogP contribution in [0.2, 0.25) is 0 Å². The zero-order valence-corrected chi connectivity index (χ0v) is 19.4. The van der Waals surface area contributed by atoms with E-state index in [1.54, 1.807) is 36.9 Å². The van der Waals surface area contributed by atoms with Crippen LogP contribution in [0.15, 0.2) is 48.5 Å². The van der Waals surface area contributed by atoms with Gasteiger partial charge in [-0.25, -0.2) is 0 Å². The number of alkyl halides is 3. The number of nitrogens with zero attached hydrogens (tertiary/aromatic N) is 1. The van der Waals surface area contributed by atoms with Gasteiger partial charge in [0.25, 0.3) is 5.91 Å². The average molecular weight is 494 g/mol. The lowest BCUT2D eigenvalue weighted by atomic mass is 10.1. The minimum absolute atomic E-state index is 0.0781. The lowest BCUT2D eigenvalue weighted by Gasteiger charge is -2.21. The zero-order chi connectivity index (χ0) is 24.7. The Kier molecular flexibility index (Phi) is 6.22. The molecule has 0 spiro atoms. The van der Waals surface area contributed by atoms with Crippen LogP contribution >= 0.6 is 11.3 Å². The van der Waals surface area contributed by atoms with Crippen molar-refractivity contribution in [2.45, 2.75) is 32.4 Å². The van der Waals surface area contributed by atoms with Crippen LogP contribution in [0.5, 0.6) is 17.2 Å². The molecule has 3 aromatic rings. The van der Waals surface area contributed by atoms with Gasteiger partial charge in [-0.1, -0.05) is 0 Å². The number of methoxy groups -OCH3 is 1. The maximum absolute atomic E-state index is 13.1. The third-order valence-electron chi connectivity index (χ3n) is 4.99. The Bertz CT molecular complexity index is 1200. The molecule has 0 radical (unpaired) electrons. The number of aliphatic hydroxyl groups is 1. The van der Waals surface area contributed by atoms with Crippen molar-refractivity contribution in [1.29, 1.82) is 0 Å². The summed E-state index contributed by atoms with van der Waals surface area (Å²) in [6, 6.07) is 12.6. The van der Waals surface area contributed by atoms with E-state index in [1.165, 1.54) is 42.7 Å². The highest BCUT2D eigenvalue weighted by Crippen LogP contribution is 2.41. The van der Waals surface area contributed by atoms with Crippen molar-refractivity contribution in [3.8, 4) is 27.7 Å². The number of hydrogen-bond donors (Lipinski definition) is 1. The molecule has 0 atom stereocenters. The van der Waals surface area contributed by atoms with Gasteiger partial charge in [0.05, 0.1) is 24.1 Å². The summed E-state index contributed by atoms with van der Waals surface area (Å²) in [5.74, 6) is 0.420. The summed E-state index contributed by atoms with van der Waals surface area (Å²) in [7, 11) is 1.50. The monoisotopic (exact) mass is 493 g/mol. The first kappa shape index (κ1) is 23.9. The number of carbonyl (C=O) groups excluding carboxylic acids is 1. The number of thiophene rings is 1. The normalized spacial score (nSPS) is 13.7. The zero-order valence-electron chi connectivity index (χ0n) is 18.6. The molecule has 6 nitrogen and oxygen atoms in total. The Labute approximate surface area is 198 Å². The molecule has 2 aromatic carbocycles. The highest BCUT2D eigenvalue weighted by atomic mass is 32.1. The molecule has 2 heterocycles. The topological polar surface area (TPSA) is 68.2 Å². The summed E-state index contributed by atoms with van der Waals surface area (Å²) in [5, 5.41) is 9.88. The van der Waals surface area contributed by atoms with Crippen molar-refractivity contribution in [2.24, 2.45) is 0 Å². The van der Waals surface area contributed by atoms with Gasteiger partial charge in [0.2, 0.25) is 0 Å². The minimum Gasteiger partial charge on any atom is -0.493 e. The van der Waals surface area contributed by atoms with E-state index in [-0.39, 0.29) is 18.3 Å². The van der Waals surface area contributed by atoms with Crippen molar-refractivity contribution >= 4 is 22.9 Å². The molecule has 34 heavy (non-hydrogen) atoms. The van der Waals surface area contributed by atoms with Crippen LogP contribution in [-0.4, -0.2) is 36.7 Å². The van der Waals surface area contributed by atoms with Crippen molar-refractivity contribution in [1.82, 2.24) is 0 Å². The molecule has 0 unspecified atom stereocenters. The largest absolute Gasteiger partial charge is 0.573 e. The molecule has 0 saturated carbocycles. The first-order chi connectivity index (χ1) is 15.9. The molecule has 10 heteroatoms. The summed E-state index contributed by atoms with van der Waals surface area (Å²) in [5.41, 5.74) is 1.16. The fourth-order valence-corrected chi connectivity index (χ4v) is 4.59. The van der Waals surface area contributed by atoms with Gasteiger partial charge in [-0.3, -0.25) is 4.79 Å². The fourth-order valence-electron chi connectivity index (χ4n) is 3.46. The number of anilines is 1. The molecular weight excluding hydrogens is 471 g/mol. The molecular formula is C24H22F3NO5S. The molecule has 180 valence electrons. The number of amides is 1. The third-order valence-corrected chi connectivity index (χ3v) is 6.20. The molecule has 1 amide bonds. The summed E-state index contributed by atoms with van der Waals surface area (Å²) in [4.78, 5) is 16.1. The SMILES string of the molecule is COc1cc(N2Cc3cc(-c4ccc(OC(F)(F)F)cc4)sc3C2=O)ccc1OCC(C)(C)O. The predicted molar refractivity (Wildman–Crippen MR) is 122 cm³/mol. The maximum atomic E-state index is 13.1. The van der Waals surface area contributed by atoms with Gasteiger partial charge in [0.1, 0.15) is 12.4 Å². The van der Waals surface area contributed by atoms with Gasteiger partial charge in [0.15, 0.2) is 11.5 Å². The second kappa shape index (κ2) is 8.84. The number of carbonyl (C=O) groups is 1. The Morgan fingerprint density at radius 3 is 2.35 bits per heavy atom. The molecule has 1 aliphatic heterocycles. The lowest BCUT2D eigenvalue weighted by molar-refractivity contribution is -0.274. The number of ether oxygens (including phenoxy) is 3. The second-order valence-corrected chi connectivity index (χ2v) is 9.42. The van der Waals surface area contributed by atoms with Gasteiger partial charge in [-0.15, -0.1) is 24.5 Å². The summed E-state index contributed by atoms with van der Waals surface area (Å²) >= 11 is 1.29. The van der Waals surface area contributed by atoms with Gasteiger partial charge in [-0.05, 0) is 67.4 Å². The predicted octanol–water partition coefficient (Wildman–Crippen LogP) is 5.63. The molecule has 1 N–H and O–H groups in total. The van der Waals surface area contributed by atoms with Crippen molar-refractivity contribution in [3.05, 3.63) is 59.0 Å². The third kappa shape index (κ3) is 5.28. The summed E-state index contributed by atoms with van der Waals surface area (Å²) in [6.45, 7) is 3.70. The molecule has 0 aliphatic carbocycles. The van der Waals surface area contributed by atoms with Gasteiger partial charge in [-0.2, -0.15) is 0 Å². The van der Waals surface area contributed by atoms with E-state index in [1.807, 2.05) is 6.07 Å². The van der Waals surface area contributed by atoms with E-state index in [9.17, 15) is 23.1 Å². The summed E-state index contributed by atoms with van der Waals surface area (Å²) in [6.07, 6.45) is -4.75. The molecule has 1 aliphatic rings. The van der Waals surface area contributed by atoms with Crippen LogP contribution < -0.4 is 19.1 Å². The maximum Gasteiger partial charge on any atom is 0.573 e. The Morgan fingerprint density at radius 1 is 1.06 bits per heavy atom. The van der Waals surface area contributed by atoms with Gasteiger partial charge < -0.3 is 24.2 Å². The van der Waals surface area contributed by atoms with Crippen molar-refractivity contribution in [3.63, 3.8) is 0 Å². The van der Waals surface area contributed by atoms with E-state index in [0.717, 1.165) is 10.4 Å². The number of halogens is 3. The molecule has 0 fully saturated rings. The van der Waals surface area contributed by atoms with Crippen LogP contribution in [0.25, 0.3) is 10.4 Å². The first-order valence-electron chi connectivity index (χ1n) is 10.3. The Hall–Kier alpha value is -3.24. The van der Waals surface area contributed by atoms with Crippen LogP contribution in [-0.2, 0) is 6.54 Å². The van der Waals surface area contributed by atoms with E-state index in [0.29, 0.717) is 34.2 Å². The standard InChI is InChI=1S/C24H22F3NO5S/c1-23(2,30)13-32-18-9-6-16(11-19(18)31-3)28-12-15-10-20(34-21(15)22(28)29)14-4-7-17(8-5-14)33-24(25,26)27/h4-11,30H,12-13H2,1-3H3. The number of fused-ring (bicyclic) bond motifs is 1. The number of benzene rings is 2. The second-order valence-electron chi connectivity index (χ2n) is 8.36. The number of hydrogen-bond acceptors (Lipinski definition) is 6. The highest BCUT2D eigenvalue weighted by molar-refractivity contribution is 7.17. The van der Waals surface area contributed by atoms with Crippen LogP contribution in [0, 0.1) is 0 Å². The Morgan fingerprint density at radius 2 is 1.76 bits per heavy atom. The van der Waals surface area contributed by atoms with Gasteiger partial charge >= 0.3 is 6.36 Å². The minimum atomic E-state index is -4.75. The van der Waals surface area contributed by atoms with Crippen molar-refractivity contribution < 1.29 is 37.3 Å². The lowest BCUT2D eigenvalue weighted by Crippen LogP contribution is -2.28. The quantitative estimate of drug-likeness (QED) is 0.462. The number of rotatable bonds is 7. The van der Waals surface area contributed by atoms with E-state index in [4.69, 9.17) is 9.47 Å². The van der Waals surface area contributed by atoms with Crippen LogP contribution in [0.4, 0.5) is 18.9 Å².